The van der Waals surface area contributed by atoms with E-state index in [0.717, 1.165) is 7.14 Å². The van der Waals surface area contributed by atoms with Gasteiger partial charge >= 0.3 is 0 Å². The lowest BCUT2D eigenvalue weighted by atomic mass is 10.5. The zero-order valence-electron chi connectivity index (χ0n) is 6.47. The second-order valence-electron chi connectivity index (χ2n) is 1.85. The fraction of sp³-hybridized carbons (Fsp3) is 0.333. The second-order valence-corrected chi connectivity index (χ2v) is 4.00. The zero-order chi connectivity index (χ0) is 9.14. The van der Waals surface area contributed by atoms with E-state index in [1.165, 1.54) is 0 Å². The summed E-state index contributed by atoms with van der Waals surface area (Å²) in [5.74, 6) is 1.06. The highest BCUT2D eigenvalue weighted by molar-refractivity contribution is 14.1. The van der Waals surface area contributed by atoms with E-state index in [2.05, 4.69) is 55.4 Å². The minimum Gasteiger partial charge on any atom is -0.479 e. The molecule has 6 heteroatoms. The van der Waals surface area contributed by atoms with Crippen LogP contribution < -0.4 is 9.47 Å². The van der Waals surface area contributed by atoms with Crippen molar-refractivity contribution in [2.24, 2.45) is 0 Å². The summed E-state index contributed by atoms with van der Waals surface area (Å²) in [5.41, 5.74) is 0. The summed E-state index contributed by atoms with van der Waals surface area (Å²) in [4.78, 5) is 0. The first-order chi connectivity index (χ1) is 5.70. The van der Waals surface area contributed by atoms with Crippen LogP contribution in [-0.4, -0.2) is 24.4 Å². The Hall–Kier alpha value is 0.140. The van der Waals surface area contributed by atoms with Crippen molar-refractivity contribution in [3.63, 3.8) is 0 Å². The number of aromatic nitrogens is 2. The van der Waals surface area contributed by atoms with E-state index in [1.54, 1.807) is 14.2 Å². The van der Waals surface area contributed by atoms with Gasteiger partial charge < -0.3 is 9.47 Å². The molecule has 0 spiro atoms. The fourth-order valence-corrected chi connectivity index (χ4v) is 1.74. The van der Waals surface area contributed by atoms with Gasteiger partial charge in [-0.3, -0.25) is 0 Å². The average molecular weight is 392 g/mol. The highest BCUT2D eigenvalue weighted by Gasteiger charge is 2.12. The molecule has 4 nitrogen and oxygen atoms in total. The lowest BCUT2D eigenvalue weighted by Gasteiger charge is -2.05. The molecule has 0 atom stereocenters. The Bertz CT molecular complexity index is 264. The van der Waals surface area contributed by atoms with Crippen molar-refractivity contribution >= 4 is 45.2 Å². The van der Waals surface area contributed by atoms with Crippen molar-refractivity contribution < 1.29 is 9.47 Å². The Morgan fingerprint density at radius 2 is 1.25 bits per heavy atom. The van der Waals surface area contributed by atoms with Crippen molar-refractivity contribution in [1.29, 1.82) is 0 Å². The number of hydrogen-bond acceptors (Lipinski definition) is 4. The van der Waals surface area contributed by atoms with E-state index >= 15 is 0 Å². The maximum atomic E-state index is 4.98. The second kappa shape index (κ2) is 4.40. The first kappa shape index (κ1) is 10.2. The van der Waals surface area contributed by atoms with E-state index in [0.29, 0.717) is 11.8 Å². The summed E-state index contributed by atoms with van der Waals surface area (Å²) in [6, 6.07) is 0. The van der Waals surface area contributed by atoms with Gasteiger partial charge in [0.2, 0.25) is 11.8 Å². The van der Waals surface area contributed by atoms with Crippen LogP contribution in [0.2, 0.25) is 0 Å². The van der Waals surface area contributed by atoms with Gasteiger partial charge in [0, 0.05) is 0 Å². The predicted octanol–water partition coefficient (Wildman–Crippen LogP) is 1.70. The van der Waals surface area contributed by atoms with Crippen LogP contribution in [0.15, 0.2) is 0 Å². The third-order valence-electron chi connectivity index (χ3n) is 1.19. The highest BCUT2D eigenvalue weighted by atomic mass is 127. The molecular formula is C6H6I2N2O2. The Morgan fingerprint density at radius 3 is 1.50 bits per heavy atom. The van der Waals surface area contributed by atoms with Crippen molar-refractivity contribution in [2.75, 3.05) is 14.2 Å². The number of rotatable bonds is 2. The maximum Gasteiger partial charge on any atom is 0.248 e. The Kier molecular flexibility index (Phi) is 3.75. The maximum absolute atomic E-state index is 4.98. The minimum atomic E-state index is 0.529. The van der Waals surface area contributed by atoms with Crippen LogP contribution in [0.4, 0.5) is 0 Å². The number of ether oxygens (including phenoxy) is 2. The molecule has 1 aromatic heterocycles. The summed E-state index contributed by atoms with van der Waals surface area (Å²) < 4.78 is 11.8. The van der Waals surface area contributed by atoms with Crippen LogP contribution >= 0.6 is 45.2 Å². The summed E-state index contributed by atoms with van der Waals surface area (Å²) in [6.07, 6.45) is 0. The molecule has 0 aliphatic heterocycles. The number of halogens is 2. The molecule has 1 aromatic rings. The molecule has 1 rings (SSSR count). The third kappa shape index (κ3) is 1.90. The summed E-state index contributed by atoms with van der Waals surface area (Å²) in [5, 5.41) is 7.64. The monoisotopic (exact) mass is 392 g/mol. The first-order valence-corrected chi connectivity index (χ1v) is 5.16. The first-order valence-electron chi connectivity index (χ1n) is 3.00. The van der Waals surface area contributed by atoms with Gasteiger partial charge in [-0.15, -0.1) is 10.2 Å². The molecule has 0 unspecified atom stereocenters. The molecule has 0 saturated carbocycles. The SMILES string of the molecule is COc1nnc(OC)c(I)c1I. The molecule has 0 saturated heterocycles. The molecule has 0 radical (unpaired) electrons. The van der Waals surface area contributed by atoms with Gasteiger partial charge in [0.05, 0.1) is 21.4 Å². The Balaban J connectivity index is 3.20. The van der Waals surface area contributed by atoms with Gasteiger partial charge in [-0.2, -0.15) is 0 Å². The lowest BCUT2D eigenvalue weighted by Crippen LogP contribution is -2.00. The number of hydrogen-bond donors (Lipinski definition) is 0. The Morgan fingerprint density at radius 1 is 0.917 bits per heavy atom. The molecule has 0 N–H and O–H groups in total. The van der Waals surface area contributed by atoms with E-state index in [-0.39, 0.29) is 0 Å². The van der Waals surface area contributed by atoms with Crippen LogP contribution in [-0.2, 0) is 0 Å². The van der Waals surface area contributed by atoms with E-state index in [1.807, 2.05) is 0 Å². The van der Waals surface area contributed by atoms with Crippen molar-refractivity contribution in [3.05, 3.63) is 7.14 Å². The summed E-state index contributed by atoms with van der Waals surface area (Å²) >= 11 is 4.28. The van der Waals surface area contributed by atoms with Crippen LogP contribution in [0.5, 0.6) is 11.8 Å². The summed E-state index contributed by atoms with van der Waals surface area (Å²) in [7, 11) is 3.13. The van der Waals surface area contributed by atoms with Crippen LogP contribution in [0.3, 0.4) is 0 Å². The van der Waals surface area contributed by atoms with Crippen LogP contribution in [0.25, 0.3) is 0 Å². The van der Waals surface area contributed by atoms with Crippen molar-refractivity contribution in [1.82, 2.24) is 10.2 Å². The van der Waals surface area contributed by atoms with Crippen LogP contribution in [0, 0.1) is 7.14 Å². The largest absolute Gasteiger partial charge is 0.479 e. The molecule has 0 aliphatic carbocycles. The molecule has 0 aliphatic rings. The topological polar surface area (TPSA) is 44.2 Å². The van der Waals surface area contributed by atoms with Crippen molar-refractivity contribution in [3.8, 4) is 11.8 Å². The Labute approximate surface area is 97.3 Å². The van der Waals surface area contributed by atoms with Gasteiger partial charge in [0.1, 0.15) is 0 Å². The van der Waals surface area contributed by atoms with Gasteiger partial charge in [0.15, 0.2) is 0 Å². The molecule has 12 heavy (non-hydrogen) atoms. The standard InChI is InChI=1S/C6H6I2N2O2/c1-11-5-3(7)4(8)6(12-2)10-9-5/h1-2H3. The molecule has 66 valence electrons. The van der Waals surface area contributed by atoms with E-state index in [9.17, 15) is 0 Å². The predicted molar refractivity (Wildman–Crippen MR) is 60.6 cm³/mol. The van der Waals surface area contributed by atoms with Gasteiger partial charge in [0.25, 0.3) is 0 Å². The normalized spacial score (nSPS) is 9.67. The van der Waals surface area contributed by atoms with Crippen LogP contribution in [0.1, 0.15) is 0 Å². The third-order valence-corrected chi connectivity index (χ3v) is 4.22. The quantitative estimate of drug-likeness (QED) is 0.720. The molecule has 0 aromatic carbocycles. The number of nitrogens with zero attached hydrogens (tertiary/aromatic N) is 2. The lowest BCUT2D eigenvalue weighted by molar-refractivity contribution is 0.361. The molecule has 0 amide bonds. The summed E-state index contributed by atoms with van der Waals surface area (Å²) in [6.45, 7) is 0. The molecular weight excluding hydrogens is 386 g/mol. The van der Waals surface area contributed by atoms with Gasteiger partial charge in [-0.05, 0) is 45.2 Å². The zero-order valence-corrected chi connectivity index (χ0v) is 10.8. The molecule has 0 bridgehead atoms. The van der Waals surface area contributed by atoms with Crippen molar-refractivity contribution in [2.45, 2.75) is 0 Å². The highest BCUT2D eigenvalue weighted by Crippen LogP contribution is 2.28. The average Bonchev–Trinajstić information content (AvgIpc) is 2.10. The van der Waals surface area contributed by atoms with Gasteiger partial charge in [-0.1, -0.05) is 0 Å². The van der Waals surface area contributed by atoms with E-state index < -0.39 is 0 Å². The van der Waals surface area contributed by atoms with E-state index in [4.69, 9.17) is 9.47 Å². The van der Waals surface area contributed by atoms with Gasteiger partial charge in [-0.25, -0.2) is 0 Å². The molecule has 1 heterocycles. The number of methoxy groups -OCH3 is 2. The smallest absolute Gasteiger partial charge is 0.248 e. The fourth-order valence-electron chi connectivity index (χ4n) is 0.627. The minimum absolute atomic E-state index is 0.529. The molecule has 0 fully saturated rings.